The molecule has 0 bridgehead atoms. The molecule has 9 heteroatoms. The number of rotatable bonds is 8. The van der Waals surface area contributed by atoms with E-state index in [4.69, 9.17) is 4.74 Å². The van der Waals surface area contributed by atoms with Crippen LogP contribution in [-0.2, 0) is 16.1 Å². The lowest BCUT2D eigenvalue weighted by Crippen LogP contribution is -2.42. The van der Waals surface area contributed by atoms with Crippen LogP contribution in [0.15, 0.2) is 24.5 Å². The summed E-state index contributed by atoms with van der Waals surface area (Å²) in [5, 5.41) is 13.5. The lowest BCUT2D eigenvalue weighted by Gasteiger charge is -2.36. The number of hydrogen-bond acceptors (Lipinski definition) is 8. The van der Waals surface area contributed by atoms with Crippen molar-refractivity contribution in [2.75, 3.05) is 20.2 Å². The molecule has 0 aromatic carbocycles. The van der Waals surface area contributed by atoms with Gasteiger partial charge in [-0.25, -0.2) is 0 Å². The third-order valence-electron chi connectivity index (χ3n) is 6.89. The largest absolute Gasteiger partial charge is 0.469 e. The second-order valence-electron chi connectivity index (χ2n) is 9.05. The summed E-state index contributed by atoms with van der Waals surface area (Å²) in [6.07, 6.45) is 10.8. The molecule has 1 saturated heterocycles. The Labute approximate surface area is 199 Å². The van der Waals surface area contributed by atoms with Gasteiger partial charge in [0.05, 0.1) is 7.11 Å². The van der Waals surface area contributed by atoms with Gasteiger partial charge in [-0.15, -0.1) is 10.2 Å². The van der Waals surface area contributed by atoms with Gasteiger partial charge < -0.3 is 15.0 Å². The van der Waals surface area contributed by atoms with E-state index in [2.05, 4.69) is 20.5 Å². The van der Waals surface area contributed by atoms with Crippen LogP contribution in [0.1, 0.15) is 77.7 Å². The first-order valence-corrected chi connectivity index (χ1v) is 12.8. The Morgan fingerprint density at radius 3 is 2.64 bits per heavy atom. The van der Waals surface area contributed by atoms with Crippen molar-refractivity contribution in [2.45, 2.75) is 69.9 Å². The molecular weight excluding hydrogens is 438 g/mol. The van der Waals surface area contributed by atoms with Crippen LogP contribution in [0.3, 0.4) is 0 Å². The molecule has 8 nitrogen and oxygen atoms in total. The molecule has 0 atom stereocenters. The number of ether oxygens (including phenoxy) is 1. The summed E-state index contributed by atoms with van der Waals surface area (Å²) in [5.74, 6) is 0.715. The average Bonchev–Trinajstić information content (AvgIpc) is 3.37. The molecule has 1 N–H and O–H groups in total. The number of aromatic nitrogens is 3. The Hall–Kier alpha value is -2.39. The van der Waals surface area contributed by atoms with Gasteiger partial charge >= 0.3 is 5.97 Å². The van der Waals surface area contributed by atoms with Crippen LogP contribution in [0, 0.1) is 5.92 Å². The zero-order valence-electron chi connectivity index (χ0n) is 19.2. The van der Waals surface area contributed by atoms with Gasteiger partial charge in [0.15, 0.2) is 0 Å². The average molecular weight is 472 g/mol. The molecule has 3 heterocycles. The van der Waals surface area contributed by atoms with Crippen molar-refractivity contribution in [3.8, 4) is 0 Å². The van der Waals surface area contributed by atoms with Crippen LogP contribution >= 0.6 is 11.3 Å². The monoisotopic (exact) mass is 471 g/mol. The normalized spacial score (nSPS) is 21.5. The van der Waals surface area contributed by atoms with Gasteiger partial charge in [0.1, 0.15) is 5.01 Å². The molecule has 2 fully saturated rings. The Balaban J connectivity index is 1.44. The van der Waals surface area contributed by atoms with E-state index in [-0.39, 0.29) is 17.9 Å². The molecule has 0 unspecified atom stereocenters. The van der Waals surface area contributed by atoms with E-state index in [1.807, 2.05) is 23.2 Å². The van der Waals surface area contributed by atoms with Gasteiger partial charge in [-0.1, -0.05) is 17.4 Å². The van der Waals surface area contributed by atoms with Gasteiger partial charge in [0.2, 0.25) is 5.01 Å². The summed E-state index contributed by atoms with van der Waals surface area (Å²) in [7, 11) is 1.44. The number of hydrogen-bond donors (Lipinski definition) is 1. The number of carbonyl (C=O) groups excluding carboxylic acids is 2. The van der Waals surface area contributed by atoms with E-state index in [9.17, 15) is 9.59 Å². The fraction of sp³-hybridized carbons (Fsp3) is 0.625. The molecule has 2 aliphatic rings. The summed E-state index contributed by atoms with van der Waals surface area (Å²) in [6, 6.07) is 4.07. The van der Waals surface area contributed by atoms with Crippen molar-refractivity contribution in [2.24, 2.45) is 5.92 Å². The third kappa shape index (κ3) is 6.35. The molecule has 0 spiro atoms. The number of carbonyl (C=O) groups is 2. The molecule has 1 aliphatic carbocycles. The SMILES string of the molecule is COC(=O)CCC1CCC(N(Cc2cccnc2)C(=O)c2nnc(C3CCNCC3)s2)CC1. The minimum Gasteiger partial charge on any atom is -0.469 e. The van der Waals surface area contributed by atoms with Crippen LogP contribution < -0.4 is 5.32 Å². The summed E-state index contributed by atoms with van der Waals surface area (Å²) in [5.41, 5.74) is 1.02. The van der Waals surface area contributed by atoms with Gasteiger partial charge in [0, 0.05) is 37.3 Å². The van der Waals surface area contributed by atoms with Crippen molar-refractivity contribution in [1.29, 1.82) is 0 Å². The highest BCUT2D eigenvalue weighted by molar-refractivity contribution is 7.13. The molecule has 0 radical (unpaired) electrons. The number of piperidine rings is 1. The molecule has 33 heavy (non-hydrogen) atoms. The number of pyridine rings is 1. The summed E-state index contributed by atoms with van der Waals surface area (Å²) in [6.45, 7) is 2.49. The van der Waals surface area contributed by atoms with Gasteiger partial charge in [-0.2, -0.15) is 0 Å². The van der Waals surface area contributed by atoms with Crippen molar-refractivity contribution >= 4 is 23.2 Å². The molecule has 2 aromatic rings. The first-order valence-electron chi connectivity index (χ1n) is 11.9. The van der Waals surface area contributed by atoms with Crippen LogP contribution in [-0.4, -0.2) is 58.2 Å². The van der Waals surface area contributed by atoms with Gasteiger partial charge in [-0.05, 0) is 75.6 Å². The number of amides is 1. The topological polar surface area (TPSA) is 97.3 Å². The number of nitrogens with one attached hydrogen (secondary N) is 1. The second-order valence-corrected chi connectivity index (χ2v) is 10.1. The quantitative estimate of drug-likeness (QED) is 0.588. The standard InChI is InChI=1S/C24H33N5O3S/c1-32-21(30)9-6-17-4-7-20(8-5-17)29(16-18-3-2-12-26-15-18)24(31)23-28-27-22(33-23)19-10-13-25-14-11-19/h2-3,12,15,17,19-20,25H,4-11,13-14,16H2,1H3. The van der Waals surface area contributed by atoms with Crippen LogP contribution in [0.5, 0.6) is 0 Å². The van der Waals surface area contributed by atoms with E-state index in [0.717, 1.165) is 68.6 Å². The van der Waals surface area contributed by atoms with Crippen molar-refractivity contribution < 1.29 is 14.3 Å². The first-order chi connectivity index (χ1) is 16.1. The van der Waals surface area contributed by atoms with Crippen LogP contribution in [0.25, 0.3) is 0 Å². The maximum Gasteiger partial charge on any atom is 0.305 e. The highest BCUT2D eigenvalue weighted by Gasteiger charge is 2.32. The predicted molar refractivity (Wildman–Crippen MR) is 126 cm³/mol. The highest BCUT2D eigenvalue weighted by Crippen LogP contribution is 2.33. The summed E-state index contributed by atoms with van der Waals surface area (Å²) < 4.78 is 4.78. The lowest BCUT2D eigenvalue weighted by atomic mass is 9.82. The van der Waals surface area contributed by atoms with E-state index in [1.54, 1.807) is 6.20 Å². The Morgan fingerprint density at radius 1 is 1.15 bits per heavy atom. The maximum atomic E-state index is 13.6. The summed E-state index contributed by atoms with van der Waals surface area (Å²) in [4.78, 5) is 31.3. The first kappa shape index (κ1) is 23.8. The van der Waals surface area contributed by atoms with Gasteiger partial charge in [0.25, 0.3) is 5.91 Å². The molecule has 1 saturated carbocycles. The third-order valence-corrected chi connectivity index (χ3v) is 7.96. The van der Waals surface area contributed by atoms with E-state index in [0.29, 0.717) is 29.8 Å². The molecule has 178 valence electrons. The van der Waals surface area contributed by atoms with Crippen LogP contribution in [0.2, 0.25) is 0 Å². The zero-order valence-corrected chi connectivity index (χ0v) is 20.1. The van der Waals surface area contributed by atoms with Crippen LogP contribution in [0.4, 0.5) is 0 Å². The number of nitrogens with zero attached hydrogens (tertiary/aromatic N) is 4. The predicted octanol–water partition coefficient (Wildman–Crippen LogP) is 3.55. The second kappa shape index (κ2) is 11.7. The number of methoxy groups -OCH3 is 1. The Kier molecular flexibility index (Phi) is 8.39. The minimum absolute atomic E-state index is 0.0328. The fourth-order valence-corrected chi connectivity index (χ4v) is 5.87. The molecule has 1 amide bonds. The van der Waals surface area contributed by atoms with Crippen molar-refractivity contribution in [1.82, 2.24) is 25.4 Å². The molecule has 1 aliphatic heterocycles. The Bertz CT molecular complexity index is 908. The van der Waals surface area contributed by atoms with E-state index >= 15 is 0 Å². The van der Waals surface area contributed by atoms with E-state index < -0.39 is 0 Å². The summed E-state index contributed by atoms with van der Waals surface area (Å²) >= 11 is 1.46. The lowest BCUT2D eigenvalue weighted by molar-refractivity contribution is -0.141. The van der Waals surface area contributed by atoms with Gasteiger partial charge in [-0.3, -0.25) is 14.6 Å². The smallest absolute Gasteiger partial charge is 0.305 e. The molecular formula is C24H33N5O3S. The fourth-order valence-electron chi connectivity index (χ4n) is 4.90. The maximum absolute atomic E-state index is 13.6. The van der Waals surface area contributed by atoms with Crippen molar-refractivity contribution in [3.05, 3.63) is 40.1 Å². The van der Waals surface area contributed by atoms with E-state index in [1.165, 1.54) is 18.4 Å². The minimum atomic E-state index is -0.147. The molecule has 4 rings (SSSR count). The molecule has 2 aromatic heterocycles. The zero-order chi connectivity index (χ0) is 23.0. The Morgan fingerprint density at radius 2 is 1.94 bits per heavy atom. The van der Waals surface area contributed by atoms with Crippen molar-refractivity contribution in [3.63, 3.8) is 0 Å². The highest BCUT2D eigenvalue weighted by atomic mass is 32.1. The number of esters is 1.